The molecule has 2 aromatic rings. The van der Waals surface area contributed by atoms with E-state index in [4.69, 9.17) is 0 Å². The molecule has 18 heavy (non-hydrogen) atoms. The predicted octanol–water partition coefficient (Wildman–Crippen LogP) is 1.29. The van der Waals surface area contributed by atoms with Crippen LogP contribution in [0.25, 0.3) is 0 Å². The zero-order valence-electron chi connectivity index (χ0n) is 9.31. The van der Waals surface area contributed by atoms with Crippen molar-refractivity contribution in [3.63, 3.8) is 0 Å². The number of benzene rings is 1. The fourth-order valence-corrected chi connectivity index (χ4v) is 1.76. The van der Waals surface area contributed by atoms with Gasteiger partial charge >= 0.3 is 5.69 Å². The first-order valence-corrected chi connectivity index (χ1v) is 5.99. The molecule has 2 rings (SSSR count). The smallest absolute Gasteiger partial charge is 0.295 e. The molecule has 0 fully saturated rings. The molecule has 0 radical (unpaired) electrons. The highest BCUT2D eigenvalue weighted by Gasteiger charge is 2.03. The summed E-state index contributed by atoms with van der Waals surface area (Å²) in [5, 5.41) is 0. The van der Waals surface area contributed by atoms with Gasteiger partial charge in [0.1, 0.15) is 5.56 Å². The minimum atomic E-state index is -0.476. The Balaban J connectivity index is 2.45. The van der Waals surface area contributed by atoms with E-state index in [0.717, 1.165) is 5.56 Å². The molecule has 1 aromatic carbocycles. The second-order valence-corrected chi connectivity index (χ2v) is 4.03. The molecule has 1 aromatic heterocycles. The lowest BCUT2D eigenvalue weighted by atomic mass is 10.2. The maximum Gasteiger partial charge on any atom is 0.328 e. The van der Waals surface area contributed by atoms with E-state index >= 15 is 0 Å². The SMILES string of the molecule is O=c1[nH]c(=O)n(Cc2ccccc2)cc1C#CBr. The van der Waals surface area contributed by atoms with Crippen LogP contribution < -0.4 is 11.2 Å². The standard InChI is InChI=1S/C13H9BrN2O2/c14-7-6-11-9-16(13(18)15-12(11)17)8-10-4-2-1-3-5-10/h1-5,9H,8H2,(H,15,17,18). The Bertz CT molecular complexity index is 720. The number of H-pyrrole nitrogens is 1. The van der Waals surface area contributed by atoms with Gasteiger partial charge in [-0.1, -0.05) is 30.3 Å². The third-order valence-electron chi connectivity index (χ3n) is 2.39. The first kappa shape index (κ1) is 12.4. The zero-order chi connectivity index (χ0) is 13.0. The Morgan fingerprint density at radius 3 is 2.61 bits per heavy atom. The molecule has 0 aliphatic heterocycles. The van der Waals surface area contributed by atoms with E-state index in [2.05, 4.69) is 31.7 Å². The van der Waals surface area contributed by atoms with E-state index in [-0.39, 0.29) is 5.56 Å². The summed E-state index contributed by atoms with van der Waals surface area (Å²) in [6.45, 7) is 0.396. The van der Waals surface area contributed by atoms with Crippen LogP contribution in [0.4, 0.5) is 0 Å². The molecule has 0 spiro atoms. The number of aromatic amines is 1. The Hall–Kier alpha value is -2.06. The quantitative estimate of drug-likeness (QED) is 0.850. The summed E-state index contributed by atoms with van der Waals surface area (Å²) in [5.41, 5.74) is 0.312. The summed E-state index contributed by atoms with van der Waals surface area (Å²) in [4.78, 5) is 27.8. The lowest BCUT2D eigenvalue weighted by Gasteiger charge is -2.05. The van der Waals surface area contributed by atoms with Gasteiger partial charge in [-0.15, -0.1) is 0 Å². The minimum Gasteiger partial charge on any atom is -0.295 e. The summed E-state index contributed by atoms with van der Waals surface area (Å²) in [6.07, 6.45) is 1.46. The molecule has 0 saturated carbocycles. The third kappa shape index (κ3) is 2.79. The highest BCUT2D eigenvalue weighted by Crippen LogP contribution is 2.00. The monoisotopic (exact) mass is 304 g/mol. The van der Waals surface area contributed by atoms with Gasteiger partial charge < -0.3 is 0 Å². The van der Waals surface area contributed by atoms with E-state index in [1.165, 1.54) is 10.8 Å². The Kier molecular flexibility index (Phi) is 3.80. The van der Waals surface area contributed by atoms with Crippen LogP contribution in [0.15, 0.2) is 46.1 Å². The second-order valence-electron chi connectivity index (χ2n) is 3.64. The lowest BCUT2D eigenvalue weighted by Crippen LogP contribution is -2.31. The average molecular weight is 305 g/mol. The number of hydrogen-bond acceptors (Lipinski definition) is 2. The number of nitrogens with one attached hydrogen (secondary N) is 1. The maximum absolute atomic E-state index is 11.6. The molecule has 1 N–H and O–H groups in total. The predicted molar refractivity (Wildman–Crippen MR) is 72.7 cm³/mol. The average Bonchev–Trinajstić information content (AvgIpc) is 2.37. The molecular weight excluding hydrogens is 296 g/mol. The van der Waals surface area contributed by atoms with E-state index < -0.39 is 11.2 Å². The highest BCUT2D eigenvalue weighted by molar-refractivity contribution is 9.12. The van der Waals surface area contributed by atoms with Crippen molar-refractivity contribution in [2.45, 2.75) is 6.54 Å². The van der Waals surface area contributed by atoms with Crippen LogP contribution in [0, 0.1) is 10.8 Å². The van der Waals surface area contributed by atoms with Crippen molar-refractivity contribution in [1.29, 1.82) is 0 Å². The molecule has 0 bridgehead atoms. The van der Waals surface area contributed by atoms with Crippen LogP contribution in [0.3, 0.4) is 0 Å². The van der Waals surface area contributed by atoms with Crippen molar-refractivity contribution >= 4 is 15.9 Å². The van der Waals surface area contributed by atoms with E-state index in [9.17, 15) is 9.59 Å². The van der Waals surface area contributed by atoms with Crippen molar-refractivity contribution in [1.82, 2.24) is 9.55 Å². The molecule has 0 aliphatic carbocycles. The molecule has 5 heteroatoms. The minimum absolute atomic E-state index is 0.252. The summed E-state index contributed by atoms with van der Waals surface area (Å²) in [7, 11) is 0. The first-order chi connectivity index (χ1) is 8.70. The number of rotatable bonds is 2. The van der Waals surface area contributed by atoms with Gasteiger partial charge in [0.15, 0.2) is 0 Å². The van der Waals surface area contributed by atoms with Crippen molar-refractivity contribution in [2.24, 2.45) is 0 Å². The number of halogens is 1. The highest BCUT2D eigenvalue weighted by atomic mass is 79.9. The topological polar surface area (TPSA) is 54.9 Å². The molecule has 0 aliphatic rings. The van der Waals surface area contributed by atoms with Gasteiger partial charge in [-0.2, -0.15) is 0 Å². The van der Waals surface area contributed by atoms with Crippen LogP contribution in [-0.4, -0.2) is 9.55 Å². The number of aromatic nitrogens is 2. The van der Waals surface area contributed by atoms with Crippen molar-refractivity contribution in [2.75, 3.05) is 0 Å². The fraction of sp³-hybridized carbons (Fsp3) is 0.0769. The molecule has 0 saturated heterocycles. The molecule has 0 atom stereocenters. The Morgan fingerprint density at radius 2 is 1.94 bits per heavy atom. The maximum atomic E-state index is 11.6. The first-order valence-electron chi connectivity index (χ1n) is 5.20. The van der Waals surface area contributed by atoms with Gasteiger partial charge in [-0.3, -0.25) is 14.3 Å². The number of hydrogen-bond donors (Lipinski definition) is 1. The summed E-state index contributed by atoms with van der Waals surface area (Å²) in [6, 6.07) is 9.51. The van der Waals surface area contributed by atoms with Crippen LogP contribution in [0.5, 0.6) is 0 Å². The Morgan fingerprint density at radius 1 is 1.22 bits per heavy atom. The largest absolute Gasteiger partial charge is 0.328 e. The lowest BCUT2D eigenvalue weighted by molar-refractivity contribution is 0.718. The molecule has 0 amide bonds. The van der Waals surface area contributed by atoms with Crippen LogP contribution in [-0.2, 0) is 6.54 Å². The molecule has 4 nitrogen and oxygen atoms in total. The third-order valence-corrected chi connectivity index (χ3v) is 2.59. The zero-order valence-corrected chi connectivity index (χ0v) is 10.9. The second kappa shape index (κ2) is 5.52. The van der Waals surface area contributed by atoms with Crippen molar-refractivity contribution < 1.29 is 0 Å². The van der Waals surface area contributed by atoms with Gasteiger partial charge in [-0.05, 0) is 16.3 Å². The van der Waals surface area contributed by atoms with Gasteiger partial charge in [-0.25, -0.2) is 4.79 Å². The van der Waals surface area contributed by atoms with Crippen molar-refractivity contribution in [3.05, 3.63) is 68.5 Å². The van der Waals surface area contributed by atoms with Crippen LogP contribution in [0.2, 0.25) is 0 Å². The molecule has 1 heterocycles. The summed E-state index contributed by atoms with van der Waals surface area (Å²) < 4.78 is 1.42. The van der Waals surface area contributed by atoms with E-state index in [1.807, 2.05) is 30.3 Å². The fourth-order valence-electron chi connectivity index (χ4n) is 1.55. The Labute approximate surface area is 111 Å². The molecular formula is C13H9BrN2O2. The van der Waals surface area contributed by atoms with Gasteiger partial charge in [0, 0.05) is 22.1 Å². The van der Waals surface area contributed by atoms with Crippen molar-refractivity contribution in [3.8, 4) is 10.8 Å². The molecule has 90 valence electrons. The number of nitrogens with zero attached hydrogens (tertiary/aromatic N) is 1. The summed E-state index contributed by atoms with van der Waals surface area (Å²) >= 11 is 2.93. The van der Waals surface area contributed by atoms with E-state index in [1.54, 1.807) is 0 Å². The van der Waals surface area contributed by atoms with Crippen LogP contribution in [0.1, 0.15) is 11.1 Å². The van der Waals surface area contributed by atoms with E-state index in [0.29, 0.717) is 6.54 Å². The van der Waals surface area contributed by atoms with Gasteiger partial charge in [0.05, 0.1) is 6.54 Å². The normalized spacial score (nSPS) is 9.61. The van der Waals surface area contributed by atoms with Crippen LogP contribution >= 0.6 is 15.9 Å². The van der Waals surface area contributed by atoms with Gasteiger partial charge in [0.25, 0.3) is 5.56 Å². The summed E-state index contributed by atoms with van der Waals surface area (Å²) in [5.74, 6) is 2.59. The molecule has 0 unspecified atom stereocenters. The van der Waals surface area contributed by atoms with Gasteiger partial charge in [0.2, 0.25) is 0 Å².